The SMILES string of the molecule is Cc1cc(-c2cc(C)c(N)c(C)c2)cc(C)c1N.[H]. The number of nitrogens with two attached hydrogens (primary N) is 2. The fourth-order valence-electron chi connectivity index (χ4n) is 2.28. The van der Waals surface area contributed by atoms with Crippen LogP contribution < -0.4 is 11.5 Å². The van der Waals surface area contributed by atoms with Crippen LogP contribution in [-0.2, 0) is 0 Å². The molecule has 2 nitrogen and oxygen atoms in total. The lowest BCUT2D eigenvalue weighted by Crippen LogP contribution is -1.97. The minimum absolute atomic E-state index is 0. The molecular weight excluding hydrogens is 220 g/mol. The number of rotatable bonds is 1. The molecule has 0 fully saturated rings. The van der Waals surface area contributed by atoms with Gasteiger partial charge in [0.15, 0.2) is 0 Å². The van der Waals surface area contributed by atoms with Crippen molar-refractivity contribution in [3.8, 4) is 11.1 Å². The van der Waals surface area contributed by atoms with Gasteiger partial charge in [0.1, 0.15) is 0 Å². The Morgan fingerprint density at radius 1 is 0.611 bits per heavy atom. The van der Waals surface area contributed by atoms with E-state index in [1.807, 2.05) is 27.7 Å². The quantitative estimate of drug-likeness (QED) is 0.745. The molecule has 0 heterocycles. The lowest BCUT2D eigenvalue weighted by molar-refractivity contribution is 1.36. The molecule has 0 unspecified atom stereocenters. The molecule has 95 valence electrons. The van der Waals surface area contributed by atoms with Crippen molar-refractivity contribution in [2.75, 3.05) is 11.5 Å². The summed E-state index contributed by atoms with van der Waals surface area (Å²) in [6, 6.07) is 8.53. The van der Waals surface area contributed by atoms with Gasteiger partial charge in [-0.15, -0.1) is 0 Å². The van der Waals surface area contributed by atoms with E-state index < -0.39 is 0 Å². The largest absolute Gasteiger partial charge is 0.398 e. The van der Waals surface area contributed by atoms with Crippen LogP contribution in [0.5, 0.6) is 0 Å². The summed E-state index contributed by atoms with van der Waals surface area (Å²) < 4.78 is 0. The smallest absolute Gasteiger partial charge is 0.0373 e. The Bertz CT molecular complexity index is 517. The van der Waals surface area contributed by atoms with Crippen molar-refractivity contribution in [1.82, 2.24) is 0 Å². The molecule has 2 heteroatoms. The van der Waals surface area contributed by atoms with Gasteiger partial charge in [0.25, 0.3) is 0 Å². The van der Waals surface area contributed by atoms with Crippen molar-refractivity contribution < 1.29 is 1.43 Å². The Hall–Kier alpha value is -1.96. The van der Waals surface area contributed by atoms with Gasteiger partial charge in [-0.3, -0.25) is 0 Å². The third-order valence-electron chi connectivity index (χ3n) is 3.52. The van der Waals surface area contributed by atoms with Crippen LogP contribution >= 0.6 is 0 Å². The van der Waals surface area contributed by atoms with Crippen LogP contribution in [0.1, 0.15) is 23.7 Å². The molecule has 0 saturated heterocycles. The van der Waals surface area contributed by atoms with E-state index in [1.54, 1.807) is 0 Å². The number of anilines is 2. The van der Waals surface area contributed by atoms with E-state index in [0.29, 0.717) is 0 Å². The number of hydrogen-bond donors (Lipinski definition) is 2. The summed E-state index contributed by atoms with van der Waals surface area (Å²) in [4.78, 5) is 0. The molecule has 18 heavy (non-hydrogen) atoms. The van der Waals surface area contributed by atoms with Gasteiger partial charge in [-0.1, -0.05) is 0 Å². The van der Waals surface area contributed by atoms with Crippen molar-refractivity contribution in [3.05, 3.63) is 46.5 Å². The third kappa shape index (κ3) is 2.06. The second kappa shape index (κ2) is 4.37. The Balaban J connectivity index is 0.00000180. The first-order chi connectivity index (χ1) is 8.40. The maximum atomic E-state index is 5.99. The van der Waals surface area contributed by atoms with E-state index in [1.165, 1.54) is 11.1 Å². The zero-order valence-corrected chi connectivity index (χ0v) is 11.5. The first-order valence-corrected chi connectivity index (χ1v) is 6.14. The lowest BCUT2D eigenvalue weighted by Gasteiger charge is -2.12. The van der Waals surface area contributed by atoms with Crippen molar-refractivity contribution in [3.63, 3.8) is 0 Å². The fraction of sp³-hybridized carbons (Fsp3) is 0.250. The van der Waals surface area contributed by atoms with E-state index in [-0.39, 0.29) is 1.43 Å². The monoisotopic (exact) mass is 241 g/mol. The van der Waals surface area contributed by atoms with E-state index >= 15 is 0 Å². The molecule has 4 N–H and O–H groups in total. The predicted molar refractivity (Wildman–Crippen MR) is 80.8 cm³/mol. The van der Waals surface area contributed by atoms with Crippen molar-refractivity contribution in [2.24, 2.45) is 0 Å². The summed E-state index contributed by atoms with van der Waals surface area (Å²) in [7, 11) is 0. The Kier molecular flexibility index (Phi) is 3.04. The molecule has 0 amide bonds. The summed E-state index contributed by atoms with van der Waals surface area (Å²) in [5, 5.41) is 0. The molecular formula is C16H21N2. The van der Waals surface area contributed by atoms with Gasteiger partial charge in [0, 0.05) is 12.8 Å². The minimum Gasteiger partial charge on any atom is -0.398 e. The number of benzene rings is 2. The topological polar surface area (TPSA) is 52.0 Å². The Labute approximate surface area is 110 Å². The zero-order chi connectivity index (χ0) is 13.4. The molecule has 0 aromatic heterocycles. The average Bonchev–Trinajstić information content (AvgIpc) is 2.31. The van der Waals surface area contributed by atoms with Crippen LogP contribution in [0, 0.1) is 27.7 Å². The average molecular weight is 241 g/mol. The first-order valence-electron chi connectivity index (χ1n) is 6.14. The van der Waals surface area contributed by atoms with Gasteiger partial charge in [-0.2, -0.15) is 0 Å². The third-order valence-corrected chi connectivity index (χ3v) is 3.52. The molecule has 2 aromatic rings. The number of hydrogen-bond acceptors (Lipinski definition) is 2. The maximum absolute atomic E-state index is 5.99. The Morgan fingerprint density at radius 3 is 1.06 bits per heavy atom. The zero-order valence-electron chi connectivity index (χ0n) is 12.5. The lowest BCUT2D eigenvalue weighted by atomic mass is 9.95. The van der Waals surface area contributed by atoms with Crippen LogP contribution in [0.4, 0.5) is 11.4 Å². The van der Waals surface area contributed by atoms with Gasteiger partial charge in [0.05, 0.1) is 0 Å². The van der Waals surface area contributed by atoms with Crippen molar-refractivity contribution in [1.29, 1.82) is 0 Å². The maximum Gasteiger partial charge on any atom is 0.0373 e. The summed E-state index contributed by atoms with van der Waals surface area (Å²) in [5.41, 5.74) is 20.6. The van der Waals surface area contributed by atoms with Gasteiger partial charge in [-0.25, -0.2) is 0 Å². The highest BCUT2D eigenvalue weighted by Crippen LogP contribution is 2.30. The summed E-state index contributed by atoms with van der Waals surface area (Å²) in [6.07, 6.45) is 0. The summed E-state index contributed by atoms with van der Waals surface area (Å²) in [5.74, 6) is 0. The normalized spacial score (nSPS) is 10.7. The fourth-order valence-corrected chi connectivity index (χ4v) is 2.28. The van der Waals surface area contributed by atoms with E-state index in [4.69, 9.17) is 11.5 Å². The molecule has 0 saturated carbocycles. The second-order valence-electron chi connectivity index (χ2n) is 5.05. The van der Waals surface area contributed by atoms with E-state index in [2.05, 4.69) is 24.3 Å². The van der Waals surface area contributed by atoms with Crippen LogP contribution in [-0.4, -0.2) is 0 Å². The molecule has 0 aliphatic rings. The molecule has 2 rings (SSSR count). The molecule has 0 atom stereocenters. The summed E-state index contributed by atoms with van der Waals surface area (Å²) >= 11 is 0. The highest BCUT2D eigenvalue weighted by Gasteiger charge is 2.07. The highest BCUT2D eigenvalue weighted by atomic mass is 14.6. The van der Waals surface area contributed by atoms with Crippen molar-refractivity contribution >= 4 is 11.4 Å². The van der Waals surface area contributed by atoms with Gasteiger partial charge in [-0.05, 0) is 85.3 Å². The van der Waals surface area contributed by atoms with Crippen molar-refractivity contribution in [2.45, 2.75) is 27.7 Å². The predicted octanol–water partition coefficient (Wildman–Crippen LogP) is 3.86. The molecule has 0 aliphatic carbocycles. The minimum atomic E-state index is 0. The molecule has 0 bridgehead atoms. The van der Waals surface area contributed by atoms with Crippen LogP contribution in [0.15, 0.2) is 24.3 Å². The summed E-state index contributed by atoms with van der Waals surface area (Å²) in [6.45, 7) is 8.18. The first kappa shape index (κ1) is 12.5. The Morgan fingerprint density at radius 2 is 0.833 bits per heavy atom. The second-order valence-corrected chi connectivity index (χ2v) is 5.05. The van der Waals surface area contributed by atoms with Crippen LogP contribution in [0.3, 0.4) is 0 Å². The molecule has 0 aliphatic heterocycles. The van der Waals surface area contributed by atoms with E-state index in [0.717, 1.165) is 33.6 Å². The standard InChI is InChI=1S/C16H20N2.H/c1-9-5-13(6-10(2)15(9)17)14-7-11(3)16(18)12(4)8-14;/h5-8H,17-18H2,1-4H3;. The number of aryl methyl sites for hydroxylation is 4. The van der Waals surface area contributed by atoms with Crippen LogP contribution in [0.25, 0.3) is 11.1 Å². The van der Waals surface area contributed by atoms with Gasteiger partial charge >= 0.3 is 0 Å². The van der Waals surface area contributed by atoms with Gasteiger partial charge in [0.2, 0.25) is 0 Å². The molecule has 1 radical (unpaired) electrons. The highest BCUT2D eigenvalue weighted by molar-refractivity contribution is 5.73. The molecule has 0 spiro atoms. The van der Waals surface area contributed by atoms with Crippen LogP contribution in [0.2, 0.25) is 0 Å². The van der Waals surface area contributed by atoms with E-state index in [9.17, 15) is 0 Å². The number of nitrogen functional groups attached to an aromatic ring is 2. The molecule has 2 aromatic carbocycles. The van der Waals surface area contributed by atoms with Gasteiger partial charge < -0.3 is 11.5 Å².